The predicted molar refractivity (Wildman–Crippen MR) is 108 cm³/mol. The van der Waals surface area contributed by atoms with Crippen LogP contribution in [-0.4, -0.2) is 17.0 Å². The van der Waals surface area contributed by atoms with Gasteiger partial charge in [0.25, 0.3) is 0 Å². The number of hydrogen-bond donors (Lipinski definition) is 2. The lowest BCUT2D eigenvalue weighted by molar-refractivity contribution is -0.116. The first-order valence-electron chi connectivity index (χ1n) is 8.47. The van der Waals surface area contributed by atoms with Crippen LogP contribution in [0.15, 0.2) is 48.5 Å². The molecule has 0 saturated heterocycles. The van der Waals surface area contributed by atoms with Gasteiger partial charge in [-0.3, -0.25) is 4.79 Å². The van der Waals surface area contributed by atoms with E-state index in [1.807, 2.05) is 49.4 Å². The zero-order valence-corrected chi connectivity index (χ0v) is 16.0. The average Bonchev–Trinajstić information content (AvgIpc) is 3.02. The third kappa shape index (κ3) is 3.13. The summed E-state index contributed by atoms with van der Waals surface area (Å²) in [4.78, 5) is 25.4. The highest BCUT2D eigenvalue weighted by atomic mass is 35.5. The van der Waals surface area contributed by atoms with Crippen LogP contribution < -0.4 is 5.32 Å². The van der Waals surface area contributed by atoms with E-state index in [9.17, 15) is 14.7 Å². The first-order chi connectivity index (χ1) is 13.0. The standard InChI is InChI=1S/C21H16ClNO3S/c1-11-6-8-12(9-7-11)17-18-19(27-20(17)21(25)26)14(10-16(24)23-18)13-4-2-3-5-15(13)22/h2-9,14H,10H2,1H3,(H,23,24)(H,25,26)/t14-/m0/s1. The maximum Gasteiger partial charge on any atom is 0.346 e. The maximum atomic E-state index is 12.4. The monoisotopic (exact) mass is 397 g/mol. The highest BCUT2D eigenvalue weighted by molar-refractivity contribution is 7.15. The van der Waals surface area contributed by atoms with Crippen LogP contribution in [0.25, 0.3) is 11.1 Å². The number of hydrogen-bond acceptors (Lipinski definition) is 3. The van der Waals surface area contributed by atoms with Gasteiger partial charge in [-0.05, 0) is 24.1 Å². The summed E-state index contributed by atoms with van der Waals surface area (Å²) in [6.45, 7) is 1.97. The number of carboxylic acid groups (broad SMARTS) is 1. The number of fused-ring (bicyclic) bond motifs is 1. The fourth-order valence-corrected chi connectivity index (χ4v) is 4.95. The number of amides is 1. The Bertz CT molecular complexity index is 1060. The molecular weight excluding hydrogens is 382 g/mol. The third-order valence-electron chi connectivity index (χ3n) is 4.72. The minimum Gasteiger partial charge on any atom is -0.477 e. The van der Waals surface area contributed by atoms with Gasteiger partial charge in [0.1, 0.15) is 4.88 Å². The summed E-state index contributed by atoms with van der Waals surface area (Å²) < 4.78 is 0. The molecule has 6 heteroatoms. The van der Waals surface area contributed by atoms with Crippen molar-refractivity contribution >= 4 is 40.5 Å². The highest BCUT2D eigenvalue weighted by Gasteiger charge is 2.35. The lowest BCUT2D eigenvalue weighted by Crippen LogP contribution is -2.22. The van der Waals surface area contributed by atoms with E-state index in [2.05, 4.69) is 5.32 Å². The number of halogens is 1. The van der Waals surface area contributed by atoms with Gasteiger partial charge in [-0.25, -0.2) is 4.79 Å². The number of benzene rings is 2. The van der Waals surface area contributed by atoms with Gasteiger partial charge in [-0.15, -0.1) is 11.3 Å². The lowest BCUT2D eigenvalue weighted by atomic mass is 9.88. The van der Waals surface area contributed by atoms with Crippen LogP contribution in [0, 0.1) is 6.92 Å². The molecule has 0 aliphatic carbocycles. The third-order valence-corrected chi connectivity index (χ3v) is 6.36. The Morgan fingerprint density at radius 1 is 1.19 bits per heavy atom. The Balaban J connectivity index is 1.95. The van der Waals surface area contributed by atoms with Crippen LogP contribution in [0.1, 0.15) is 38.0 Å². The van der Waals surface area contributed by atoms with E-state index >= 15 is 0 Å². The number of carbonyl (C=O) groups is 2. The van der Waals surface area contributed by atoms with Crippen molar-refractivity contribution < 1.29 is 14.7 Å². The summed E-state index contributed by atoms with van der Waals surface area (Å²) in [6.07, 6.45) is 0.240. The summed E-state index contributed by atoms with van der Waals surface area (Å²) in [5.41, 5.74) is 3.84. The molecule has 27 heavy (non-hydrogen) atoms. The Labute approximate surface area is 165 Å². The zero-order chi connectivity index (χ0) is 19.1. The molecule has 4 nitrogen and oxygen atoms in total. The lowest BCUT2D eigenvalue weighted by Gasteiger charge is -2.24. The van der Waals surface area contributed by atoms with Gasteiger partial charge in [0.2, 0.25) is 5.91 Å². The largest absolute Gasteiger partial charge is 0.477 e. The van der Waals surface area contributed by atoms with Crippen LogP contribution in [0.3, 0.4) is 0 Å². The number of nitrogens with one attached hydrogen (secondary N) is 1. The van der Waals surface area contributed by atoms with Crippen LogP contribution in [-0.2, 0) is 4.79 Å². The van der Waals surface area contributed by atoms with Crippen molar-refractivity contribution in [1.82, 2.24) is 0 Å². The molecule has 2 heterocycles. The highest BCUT2D eigenvalue weighted by Crippen LogP contribution is 2.50. The molecular formula is C21H16ClNO3S. The quantitative estimate of drug-likeness (QED) is 0.608. The molecule has 136 valence electrons. The number of thiophene rings is 1. The molecule has 0 fully saturated rings. The number of aryl methyl sites for hydroxylation is 1. The second kappa shape index (κ2) is 6.83. The number of carboxylic acids is 1. The molecule has 2 N–H and O–H groups in total. The summed E-state index contributed by atoms with van der Waals surface area (Å²) in [5.74, 6) is -1.41. The van der Waals surface area contributed by atoms with Gasteiger partial charge in [0.15, 0.2) is 0 Å². The summed E-state index contributed by atoms with van der Waals surface area (Å²) in [6, 6.07) is 15.0. The average molecular weight is 398 g/mol. The molecule has 1 atom stereocenters. The van der Waals surface area contributed by atoms with E-state index in [0.717, 1.165) is 21.6 Å². The first kappa shape index (κ1) is 17.8. The Hall–Kier alpha value is -2.63. The van der Waals surface area contributed by atoms with Crippen LogP contribution in [0.4, 0.5) is 5.69 Å². The van der Waals surface area contributed by atoms with Gasteiger partial charge >= 0.3 is 5.97 Å². The summed E-state index contributed by atoms with van der Waals surface area (Å²) >= 11 is 7.58. The fourth-order valence-electron chi connectivity index (χ4n) is 3.44. The number of anilines is 1. The van der Waals surface area contributed by atoms with Crippen molar-refractivity contribution in [3.05, 3.63) is 74.4 Å². The van der Waals surface area contributed by atoms with E-state index in [4.69, 9.17) is 11.6 Å². The molecule has 2 aromatic carbocycles. The molecule has 1 amide bonds. The molecule has 3 aromatic rings. The topological polar surface area (TPSA) is 66.4 Å². The Morgan fingerprint density at radius 2 is 1.89 bits per heavy atom. The smallest absolute Gasteiger partial charge is 0.346 e. The van der Waals surface area contributed by atoms with Gasteiger partial charge in [-0.1, -0.05) is 59.6 Å². The molecule has 0 spiro atoms. The van der Waals surface area contributed by atoms with E-state index in [0.29, 0.717) is 16.3 Å². The number of aromatic carboxylic acids is 1. The molecule has 0 radical (unpaired) electrons. The van der Waals surface area contributed by atoms with Crippen molar-refractivity contribution in [3.8, 4) is 11.1 Å². The van der Waals surface area contributed by atoms with Crippen LogP contribution in [0.5, 0.6) is 0 Å². The number of rotatable bonds is 3. The molecule has 0 saturated carbocycles. The van der Waals surface area contributed by atoms with Gasteiger partial charge in [-0.2, -0.15) is 0 Å². The van der Waals surface area contributed by atoms with Crippen molar-refractivity contribution in [3.63, 3.8) is 0 Å². The Morgan fingerprint density at radius 3 is 2.56 bits per heavy atom. The van der Waals surface area contributed by atoms with Crippen LogP contribution in [0.2, 0.25) is 5.02 Å². The molecule has 1 aliphatic heterocycles. The van der Waals surface area contributed by atoms with Crippen molar-refractivity contribution in [2.75, 3.05) is 5.32 Å². The zero-order valence-electron chi connectivity index (χ0n) is 14.5. The van der Waals surface area contributed by atoms with Crippen molar-refractivity contribution in [2.45, 2.75) is 19.3 Å². The minimum atomic E-state index is -1.00. The minimum absolute atomic E-state index is 0.143. The fraction of sp³-hybridized carbons (Fsp3) is 0.143. The predicted octanol–water partition coefficient (Wildman–Crippen LogP) is 5.55. The van der Waals surface area contributed by atoms with Gasteiger partial charge in [0.05, 0.1) is 5.69 Å². The normalized spacial score (nSPS) is 15.9. The van der Waals surface area contributed by atoms with E-state index in [1.165, 1.54) is 11.3 Å². The molecule has 0 bridgehead atoms. The SMILES string of the molecule is Cc1ccc(-c2c(C(=O)O)sc3c2NC(=O)C[C@H]3c2ccccc2Cl)cc1. The second-order valence-corrected chi connectivity index (χ2v) is 8.00. The second-order valence-electron chi connectivity index (χ2n) is 6.54. The summed E-state index contributed by atoms with van der Waals surface area (Å²) in [7, 11) is 0. The Kier molecular flexibility index (Phi) is 4.50. The van der Waals surface area contributed by atoms with Gasteiger partial charge < -0.3 is 10.4 Å². The van der Waals surface area contributed by atoms with Crippen LogP contribution >= 0.6 is 22.9 Å². The first-order valence-corrected chi connectivity index (χ1v) is 9.66. The van der Waals surface area contributed by atoms with E-state index < -0.39 is 5.97 Å². The molecule has 1 aromatic heterocycles. The molecule has 4 rings (SSSR count). The molecule has 1 aliphatic rings. The molecule has 0 unspecified atom stereocenters. The van der Waals surface area contributed by atoms with Gasteiger partial charge in [0, 0.05) is 27.8 Å². The van der Waals surface area contributed by atoms with Crippen molar-refractivity contribution in [2.24, 2.45) is 0 Å². The summed E-state index contributed by atoms with van der Waals surface area (Å²) in [5, 5.41) is 13.3. The van der Waals surface area contributed by atoms with Crippen molar-refractivity contribution in [1.29, 1.82) is 0 Å². The van der Waals surface area contributed by atoms with E-state index in [-0.39, 0.29) is 23.1 Å². The van der Waals surface area contributed by atoms with E-state index in [1.54, 1.807) is 6.07 Å². The maximum absolute atomic E-state index is 12.4. The number of carbonyl (C=O) groups excluding carboxylic acids is 1.